The van der Waals surface area contributed by atoms with E-state index >= 15 is 0 Å². The van der Waals surface area contributed by atoms with Crippen molar-refractivity contribution in [1.29, 1.82) is 0 Å². The number of nitrogens with one attached hydrogen (secondary N) is 2. The van der Waals surface area contributed by atoms with Crippen LogP contribution in [0.4, 0.5) is 0 Å². The van der Waals surface area contributed by atoms with Crippen LogP contribution in [0.15, 0.2) is 35.5 Å². The molecule has 0 aliphatic heterocycles. The highest BCUT2D eigenvalue weighted by Gasteiger charge is 2.14. The SMILES string of the molecule is O=S(=O)(NCCCc1ncc[nH]1)c1ccc(Cl)c(Cl)c1. The molecule has 108 valence electrons. The molecule has 1 aromatic carbocycles. The van der Waals surface area contributed by atoms with Gasteiger partial charge in [0.05, 0.1) is 14.9 Å². The predicted octanol–water partition coefficient (Wildman–Crippen LogP) is 2.63. The molecule has 0 unspecified atom stereocenters. The van der Waals surface area contributed by atoms with E-state index in [1.54, 1.807) is 12.4 Å². The zero-order valence-electron chi connectivity index (χ0n) is 10.4. The second kappa shape index (κ2) is 6.58. The topological polar surface area (TPSA) is 74.8 Å². The maximum atomic E-state index is 12.0. The Morgan fingerprint density at radius 3 is 2.70 bits per heavy atom. The number of H-pyrrole nitrogens is 1. The van der Waals surface area contributed by atoms with E-state index in [1.165, 1.54) is 18.2 Å². The minimum atomic E-state index is -3.56. The van der Waals surface area contributed by atoms with Gasteiger partial charge >= 0.3 is 0 Å². The zero-order chi connectivity index (χ0) is 14.6. The lowest BCUT2D eigenvalue weighted by Gasteiger charge is -2.07. The lowest BCUT2D eigenvalue weighted by atomic mass is 10.3. The molecule has 2 N–H and O–H groups in total. The molecule has 0 atom stereocenters. The van der Waals surface area contributed by atoms with Crippen molar-refractivity contribution < 1.29 is 8.42 Å². The summed E-state index contributed by atoms with van der Waals surface area (Å²) in [7, 11) is -3.56. The highest BCUT2D eigenvalue weighted by atomic mass is 35.5. The number of aromatic amines is 1. The predicted molar refractivity (Wildman–Crippen MR) is 78.6 cm³/mol. The molecule has 8 heteroatoms. The second-order valence-electron chi connectivity index (χ2n) is 4.11. The third kappa shape index (κ3) is 3.96. The number of benzene rings is 1. The van der Waals surface area contributed by atoms with Crippen molar-refractivity contribution in [2.45, 2.75) is 17.7 Å². The summed E-state index contributed by atoms with van der Waals surface area (Å²) in [6.07, 6.45) is 4.72. The molecule has 20 heavy (non-hydrogen) atoms. The number of aromatic nitrogens is 2. The van der Waals surface area contributed by atoms with Crippen LogP contribution in [0.3, 0.4) is 0 Å². The van der Waals surface area contributed by atoms with E-state index in [4.69, 9.17) is 23.2 Å². The molecule has 2 aromatic rings. The molecular weight excluding hydrogens is 321 g/mol. The molecule has 0 spiro atoms. The minimum absolute atomic E-state index is 0.102. The summed E-state index contributed by atoms with van der Waals surface area (Å²) in [5.41, 5.74) is 0. The van der Waals surface area contributed by atoms with Crippen molar-refractivity contribution in [2.24, 2.45) is 0 Å². The van der Waals surface area contributed by atoms with Crippen LogP contribution in [0.25, 0.3) is 0 Å². The van der Waals surface area contributed by atoms with E-state index < -0.39 is 10.0 Å². The number of imidazole rings is 1. The van der Waals surface area contributed by atoms with E-state index in [0.717, 1.165) is 5.82 Å². The van der Waals surface area contributed by atoms with Gasteiger partial charge in [0.25, 0.3) is 0 Å². The molecule has 0 amide bonds. The zero-order valence-corrected chi connectivity index (χ0v) is 12.8. The Morgan fingerprint density at radius 2 is 2.05 bits per heavy atom. The highest BCUT2D eigenvalue weighted by Crippen LogP contribution is 2.24. The van der Waals surface area contributed by atoms with Crippen molar-refractivity contribution >= 4 is 33.2 Å². The van der Waals surface area contributed by atoms with Gasteiger partial charge in [-0.15, -0.1) is 0 Å². The number of rotatable bonds is 6. The molecule has 0 saturated carbocycles. The smallest absolute Gasteiger partial charge is 0.240 e. The largest absolute Gasteiger partial charge is 0.349 e. The molecule has 0 saturated heterocycles. The van der Waals surface area contributed by atoms with Gasteiger partial charge in [-0.05, 0) is 24.6 Å². The Labute approximate surface area is 127 Å². The maximum Gasteiger partial charge on any atom is 0.240 e. The molecule has 0 fully saturated rings. The molecule has 1 heterocycles. The first-order valence-corrected chi connectivity index (χ1v) is 8.16. The van der Waals surface area contributed by atoms with E-state index in [0.29, 0.717) is 24.4 Å². The van der Waals surface area contributed by atoms with Crippen molar-refractivity contribution in [3.63, 3.8) is 0 Å². The summed E-state index contributed by atoms with van der Waals surface area (Å²) < 4.78 is 26.6. The quantitative estimate of drug-likeness (QED) is 0.798. The molecule has 0 aliphatic carbocycles. The fourth-order valence-electron chi connectivity index (χ4n) is 1.62. The van der Waals surface area contributed by atoms with Crippen molar-refractivity contribution in [1.82, 2.24) is 14.7 Å². The summed E-state index contributed by atoms with van der Waals surface area (Å²) in [6.45, 7) is 0.323. The fraction of sp³-hybridized carbons (Fsp3) is 0.250. The van der Waals surface area contributed by atoms with Crippen LogP contribution in [-0.2, 0) is 16.4 Å². The molecule has 0 radical (unpaired) electrons. The van der Waals surface area contributed by atoms with E-state index in [9.17, 15) is 8.42 Å². The first-order valence-electron chi connectivity index (χ1n) is 5.92. The lowest BCUT2D eigenvalue weighted by molar-refractivity contribution is 0.578. The van der Waals surface area contributed by atoms with Crippen molar-refractivity contribution in [3.05, 3.63) is 46.5 Å². The Morgan fingerprint density at radius 1 is 1.25 bits per heavy atom. The monoisotopic (exact) mass is 333 g/mol. The first-order chi connectivity index (χ1) is 9.49. The van der Waals surface area contributed by atoms with Crippen LogP contribution in [0.5, 0.6) is 0 Å². The molecule has 0 bridgehead atoms. The van der Waals surface area contributed by atoms with Gasteiger partial charge in [0.2, 0.25) is 10.0 Å². The van der Waals surface area contributed by atoms with Gasteiger partial charge in [-0.3, -0.25) is 0 Å². The van der Waals surface area contributed by atoms with Gasteiger partial charge in [0.1, 0.15) is 5.82 Å². The van der Waals surface area contributed by atoms with E-state index in [2.05, 4.69) is 14.7 Å². The average Bonchev–Trinajstić information content (AvgIpc) is 2.91. The Balaban J connectivity index is 1.92. The minimum Gasteiger partial charge on any atom is -0.349 e. The highest BCUT2D eigenvalue weighted by molar-refractivity contribution is 7.89. The number of halogens is 2. The van der Waals surface area contributed by atoms with Gasteiger partial charge in [-0.1, -0.05) is 23.2 Å². The Bertz CT molecular complexity index is 672. The number of sulfonamides is 1. The third-order valence-electron chi connectivity index (χ3n) is 2.64. The van der Waals surface area contributed by atoms with Gasteiger partial charge in [-0.25, -0.2) is 18.1 Å². The molecule has 1 aromatic heterocycles. The number of hydrogen-bond acceptors (Lipinski definition) is 3. The van der Waals surface area contributed by atoms with Crippen LogP contribution in [0.2, 0.25) is 10.0 Å². The summed E-state index contributed by atoms with van der Waals surface area (Å²) in [5.74, 6) is 0.832. The van der Waals surface area contributed by atoms with Crippen LogP contribution >= 0.6 is 23.2 Å². The Hall–Kier alpha value is -1.08. The summed E-state index contributed by atoms with van der Waals surface area (Å²) in [4.78, 5) is 7.13. The lowest BCUT2D eigenvalue weighted by Crippen LogP contribution is -2.25. The Kier molecular flexibility index (Phi) is 5.04. The van der Waals surface area contributed by atoms with Gasteiger partial charge < -0.3 is 4.98 Å². The van der Waals surface area contributed by atoms with Gasteiger partial charge in [-0.2, -0.15) is 0 Å². The van der Waals surface area contributed by atoms with E-state index in [-0.39, 0.29) is 9.92 Å². The number of hydrogen-bond donors (Lipinski definition) is 2. The normalized spacial score (nSPS) is 11.7. The molecule has 2 rings (SSSR count). The maximum absolute atomic E-state index is 12.0. The molecule has 0 aliphatic rings. The van der Waals surface area contributed by atoms with Crippen LogP contribution in [0, 0.1) is 0 Å². The van der Waals surface area contributed by atoms with E-state index in [1.807, 2.05) is 0 Å². The third-order valence-corrected chi connectivity index (χ3v) is 4.84. The number of nitrogens with zero attached hydrogens (tertiary/aromatic N) is 1. The molecular formula is C12H13Cl2N3O2S. The standard InChI is InChI=1S/C12H13Cl2N3O2S/c13-10-4-3-9(8-11(10)14)20(18,19)17-5-1-2-12-15-6-7-16-12/h3-4,6-8,17H,1-2,5H2,(H,15,16). The summed E-state index contributed by atoms with van der Waals surface area (Å²) in [5, 5.41) is 0.536. The fourth-order valence-corrected chi connectivity index (χ4v) is 3.09. The van der Waals surface area contributed by atoms with Crippen LogP contribution in [0.1, 0.15) is 12.2 Å². The molecule has 5 nitrogen and oxygen atoms in total. The van der Waals surface area contributed by atoms with Crippen LogP contribution in [-0.4, -0.2) is 24.9 Å². The second-order valence-corrected chi connectivity index (χ2v) is 6.69. The van der Waals surface area contributed by atoms with Gasteiger partial charge in [0, 0.05) is 25.4 Å². The summed E-state index contributed by atoms with van der Waals surface area (Å²) in [6, 6.07) is 4.21. The van der Waals surface area contributed by atoms with Crippen molar-refractivity contribution in [3.8, 4) is 0 Å². The number of aryl methyl sites for hydroxylation is 1. The summed E-state index contributed by atoms with van der Waals surface area (Å²) >= 11 is 11.6. The average molecular weight is 334 g/mol. The first kappa shape index (κ1) is 15.3. The van der Waals surface area contributed by atoms with Gasteiger partial charge in [0.15, 0.2) is 0 Å². The van der Waals surface area contributed by atoms with Crippen LogP contribution < -0.4 is 4.72 Å². The van der Waals surface area contributed by atoms with Crippen molar-refractivity contribution in [2.75, 3.05) is 6.54 Å².